The van der Waals surface area contributed by atoms with E-state index in [4.69, 9.17) is 10.2 Å². The molecule has 8 heteroatoms. The Balaban J connectivity index is 2.13. The first-order valence-corrected chi connectivity index (χ1v) is 8.12. The van der Waals surface area contributed by atoms with E-state index in [1.165, 1.54) is 0 Å². The van der Waals surface area contributed by atoms with Gasteiger partial charge < -0.3 is 15.5 Å². The lowest BCUT2D eigenvalue weighted by molar-refractivity contribution is -0.117. The van der Waals surface area contributed by atoms with E-state index >= 15 is 0 Å². The molecule has 0 saturated heterocycles. The molecule has 2 aromatic rings. The number of carboxylic acids is 1. The van der Waals surface area contributed by atoms with Gasteiger partial charge in [-0.15, -0.1) is 11.3 Å². The molecule has 0 spiro atoms. The third-order valence-electron chi connectivity index (χ3n) is 3.28. The van der Waals surface area contributed by atoms with Crippen molar-refractivity contribution >= 4 is 28.9 Å². The molecule has 0 aliphatic carbocycles. The molecule has 128 valence electrons. The Morgan fingerprint density at radius 2 is 2.12 bits per heavy atom. The number of aliphatic hydroxyl groups is 1. The average Bonchev–Trinajstić information content (AvgIpc) is 2.89. The smallest absolute Gasteiger partial charge is 0.347 e. The van der Waals surface area contributed by atoms with Crippen LogP contribution in [-0.2, 0) is 4.79 Å². The van der Waals surface area contributed by atoms with Crippen molar-refractivity contribution in [2.24, 2.45) is 0 Å². The number of rotatable bonds is 7. The lowest BCUT2D eigenvalue weighted by atomic mass is 10.2. The number of amides is 1. The number of hydrogen-bond donors (Lipinski definition) is 3. The molecule has 1 amide bonds. The number of aromatic nitrogens is 1. The number of anilines is 1. The van der Waals surface area contributed by atoms with Gasteiger partial charge in [0.25, 0.3) is 0 Å². The summed E-state index contributed by atoms with van der Waals surface area (Å²) in [7, 11) is 1.75. The SMILES string of the molecule is Cc1nc(-c2cccc(NC(=O)CN(C)CCO)c2)sc1C(=O)O. The second kappa shape index (κ2) is 8.00. The van der Waals surface area contributed by atoms with Crippen molar-refractivity contribution < 1.29 is 19.8 Å². The van der Waals surface area contributed by atoms with Gasteiger partial charge in [-0.2, -0.15) is 0 Å². The van der Waals surface area contributed by atoms with E-state index < -0.39 is 5.97 Å². The molecule has 0 radical (unpaired) electrons. The molecular formula is C16H19N3O4S. The maximum absolute atomic E-state index is 12.0. The van der Waals surface area contributed by atoms with Crippen LogP contribution in [0.3, 0.4) is 0 Å². The summed E-state index contributed by atoms with van der Waals surface area (Å²) in [6, 6.07) is 7.11. The molecule has 0 unspecified atom stereocenters. The van der Waals surface area contributed by atoms with Crippen LogP contribution in [0.4, 0.5) is 5.69 Å². The lowest BCUT2D eigenvalue weighted by Gasteiger charge is -2.14. The first kappa shape index (κ1) is 18.1. The minimum atomic E-state index is -0.993. The number of carbonyl (C=O) groups is 2. The van der Waals surface area contributed by atoms with E-state index in [2.05, 4.69) is 10.3 Å². The topological polar surface area (TPSA) is 103 Å². The summed E-state index contributed by atoms with van der Waals surface area (Å²) >= 11 is 1.11. The van der Waals surface area contributed by atoms with Gasteiger partial charge in [0.2, 0.25) is 5.91 Å². The van der Waals surface area contributed by atoms with Gasteiger partial charge in [-0.05, 0) is 26.1 Å². The first-order chi connectivity index (χ1) is 11.4. The summed E-state index contributed by atoms with van der Waals surface area (Å²) in [5, 5.41) is 21.3. The Kier molecular flexibility index (Phi) is 6.02. The molecule has 3 N–H and O–H groups in total. The number of aromatic carboxylic acids is 1. The molecule has 0 saturated carbocycles. The fraction of sp³-hybridized carbons (Fsp3) is 0.312. The van der Waals surface area contributed by atoms with E-state index in [0.717, 1.165) is 16.9 Å². The second-order valence-corrected chi connectivity index (χ2v) is 6.33. The van der Waals surface area contributed by atoms with E-state index in [0.29, 0.717) is 22.9 Å². The number of nitrogens with one attached hydrogen (secondary N) is 1. The van der Waals surface area contributed by atoms with Crippen LogP contribution in [0.15, 0.2) is 24.3 Å². The number of thiazole rings is 1. The van der Waals surface area contributed by atoms with Crippen molar-refractivity contribution in [3.63, 3.8) is 0 Å². The van der Waals surface area contributed by atoms with Crippen molar-refractivity contribution in [1.29, 1.82) is 0 Å². The number of aliphatic hydroxyl groups excluding tert-OH is 1. The zero-order valence-corrected chi connectivity index (χ0v) is 14.3. The molecule has 1 aromatic heterocycles. The largest absolute Gasteiger partial charge is 0.477 e. The molecule has 1 aromatic carbocycles. The monoisotopic (exact) mass is 349 g/mol. The van der Waals surface area contributed by atoms with Crippen molar-refractivity contribution in [2.45, 2.75) is 6.92 Å². The molecule has 2 rings (SSSR count). The van der Waals surface area contributed by atoms with Gasteiger partial charge in [0.05, 0.1) is 18.8 Å². The minimum Gasteiger partial charge on any atom is -0.477 e. The van der Waals surface area contributed by atoms with Gasteiger partial charge in [0.15, 0.2) is 0 Å². The number of aryl methyl sites for hydroxylation is 1. The number of carbonyl (C=O) groups excluding carboxylic acids is 1. The van der Waals surface area contributed by atoms with E-state index in [1.807, 2.05) is 6.07 Å². The third kappa shape index (κ3) is 4.60. The second-order valence-electron chi connectivity index (χ2n) is 5.33. The molecule has 0 fully saturated rings. The van der Waals surface area contributed by atoms with Crippen LogP contribution in [0.25, 0.3) is 10.6 Å². The fourth-order valence-electron chi connectivity index (χ4n) is 2.14. The summed E-state index contributed by atoms with van der Waals surface area (Å²) < 4.78 is 0. The summed E-state index contributed by atoms with van der Waals surface area (Å²) in [6.45, 7) is 2.24. The van der Waals surface area contributed by atoms with Gasteiger partial charge >= 0.3 is 5.97 Å². The Hall–Kier alpha value is -2.29. The molecule has 1 heterocycles. The van der Waals surface area contributed by atoms with Crippen molar-refractivity contribution in [3.05, 3.63) is 34.8 Å². The van der Waals surface area contributed by atoms with Gasteiger partial charge in [0.1, 0.15) is 9.88 Å². The fourth-order valence-corrected chi connectivity index (χ4v) is 3.05. The predicted molar refractivity (Wildman–Crippen MR) is 92.5 cm³/mol. The number of nitrogens with zero attached hydrogens (tertiary/aromatic N) is 2. The molecule has 0 aliphatic heterocycles. The van der Waals surface area contributed by atoms with Gasteiger partial charge in [-0.1, -0.05) is 12.1 Å². The normalized spacial score (nSPS) is 10.8. The zero-order valence-electron chi connectivity index (χ0n) is 13.4. The molecule has 7 nitrogen and oxygen atoms in total. The van der Waals surface area contributed by atoms with Crippen molar-refractivity contribution in [3.8, 4) is 10.6 Å². The molecule has 0 aliphatic rings. The van der Waals surface area contributed by atoms with Gasteiger partial charge in [-0.25, -0.2) is 9.78 Å². The van der Waals surface area contributed by atoms with Crippen LogP contribution in [0.2, 0.25) is 0 Å². The van der Waals surface area contributed by atoms with Gasteiger partial charge in [0, 0.05) is 17.8 Å². The van der Waals surface area contributed by atoms with E-state index in [-0.39, 0.29) is 23.9 Å². The Labute approximate surface area is 143 Å². The predicted octanol–water partition coefficient (Wildman–Crippen LogP) is 1.68. The van der Waals surface area contributed by atoms with Crippen LogP contribution >= 0.6 is 11.3 Å². The van der Waals surface area contributed by atoms with Crippen LogP contribution in [0, 0.1) is 6.92 Å². The van der Waals surface area contributed by atoms with Crippen LogP contribution < -0.4 is 5.32 Å². The van der Waals surface area contributed by atoms with Crippen LogP contribution in [0.5, 0.6) is 0 Å². The summed E-state index contributed by atoms with van der Waals surface area (Å²) in [5.41, 5.74) is 1.83. The lowest BCUT2D eigenvalue weighted by Crippen LogP contribution is -2.32. The minimum absolute atomic E-state index is 0.00538. The highest BCUT2D eigenvalue weighted by Crippen LogP contribution is 2.29. The quantitative estimate of drug-likeness (QED) is 0.703. The molecule has 0 bridgehead atoms. The molecular weight excluding hydrogens is 330 g/mol. The summed E-state index contributed by atoms with van der Waals surface area (Å²) in [5.74, 6) is -1.18. The van der Waals surface area contributed by atoms with Crippen molar-refractivity contribution in [2.75, 3.05) is 32.1 Å². The van der Waals surface area contributed by atoms with Crippen molar-refractivity contribution in [1.82, 2.24) is 9.88 Å². The van der Waals surface area contributed by atoms with E-state index in [1.54, 1.807) is 37.1 Å². The first-order valence-electron chi connectivity index (χ1n) is 7.31. The highest BCUT2D eigenvalue weighted by atomic mass is 32.1. The third-order valence-corrected chi connectivity index (χ3v) is 4.47. The Morgan fingerprint density at radius 1 is 1.38 bits per heavy atom. The molecule has 24 heavy (non-hydrogen) atoms. The highest BCUT2D eigenvalue weighted by Gasteiger charge is 2.15. The zero-order chi connectivity index (χ0) is 17.7. The molecule has 0 atom stereocenters. The van der Waals surface area contributed by atoms with Crippen LogP contribution in [-0.4, -0.2) is 58.7 Å². The average molecular weight is 349 g/mol. The number of likely N-dealkylation sites (N-methyl/N-ethyl adjacent to an activating group) is 1. The van der Waals surface area contributed by atoms with E-state index in [9.17, 15) is 9.59 Å². The maximum atomic E-state index is 12.0. The Bertz CT molecular complexity index is 745. The summed E-state index contributed by atoms with van der Waals surface area (Å²) in [4.78, 5) is 29.3. The Morgan fingerprint density at radius 3 is 2.75 bits per heavy atom. The van der Waals surface area contributed by atoms with Gasteiger partial charge in [-0.3, -0.25) is 9.69 Å². The van der Waals surface area contributed by atoms with Crippen LogP contribution in [0.1, 0.15) is 15.4 Å². The summed E-state index contributed by atoms with van der Waals surface area (Å²) in [6.07, 6.45) is 0. The number of hydrogen-bond acceptors (Lipinski definition) is 6. The standard InChI is InChI=1S/C16H19N3O4S/c1-10-14(16(22)23)24-15(17-10)11-4-3-5-12(8-11)18-13(21)9-19(2)6-7-20/h3-5,8,20H,6-7,9H2,1-2H3,(H,18,21)(H,22,23). The highest BCUT2D eigenvalue weighted by molar-refractivity contribution is 7.17. The maximum Gasteiger partial charge on any atom is 0.347 e. The number of benzene rings is 1. The number of carboxylic acid groups (broad SMARTS) is 1.